The first-order valence-corrected chi connectivity index (χ1v) is 10.3. The molecule has 0 aliphatic carbocycles. The van der Waals surface area contributed by atoms with Gasteiger partial charge in [-0.05, 0) is 60.5 Å². The fourth-order valence-electron chi connectivity index (χ4n) is 3.86. The lowest BCUT2D eigenvalue weighted by Gasteiger charge is -2.38. The third-order valence-electron chi connectivity index (χ3n) is 5.62. The van der Waals surface area contributed by atoms with Crippen LogP contribution in [0.15, 0.2) is 72.8 Å². The Labute approximate surface area is 173 Å². The van der Waals surface area contributed by atoms with Crippen LogP contribution in [0.3, 0.4) is 0 Å². The van der Waals surface area contributed by atoms with Crippen LogP contribution in [0.1, 0.15) is 11.1 Å². The molecule has 0 radical (unpaired) electrons. The predicted molar refractivity (Wildman–Crippen MR) is 122 cm³/mol. The molecule has 1 N–H and O–H groups in total. The van der Waals surface area contributed by atoms with Gasteiger partial charge in [0.25, 0.3) is 0 Å². The van der Waals surface area contributed by atoms with Crippen molar-refractivity contribution >= 4 is 17.1 Å². The Balaban J connectivity index is 1.31. The third-order valence-corrected chi connectivity index (χ3v) is 5.62. The van der Waals surface area contributed by atoms with Gasteiger partial charge in [-0.15, -0.1) is 0 Å². The summed E-state index contributed by atoms with van der Waals surface area (Å²) >= 11 is 0. The van der Waals surface area contributed by atoms with Gasteiger partial charge in [-0.3, -0.25) is 0 Å². The summed E-state index contributed by atoms with van der Waals surface area (Å²) in [4.78, 5) is 4.97. The SMILES string of the molecule is COc1ccc(CNc2ccc(N3CCN(c4ccccc4C)CC3)cc2)cc1. The Hall–Kier alpha value is -3.14. The lowest BCUT2D eigenvalue weighted by Crippen LogP contribution is -2.46. The van der Waals surface area contributed by atoms with Gasteiger partial charge in [-0.2, -0.15) is 0 Å². The second-order valence-corrected chi connectivity index (χ2v) is 7.51. The largest absolute Gasteiger partial charge is 0.497 e. The summed E-state index contributed by atoms with van der Waals surface area (Å²) in [6.07, 6.45) is 0. The number of hydrogen-bond acceptors (Lipinski definition) is 4. The van der Waals surface area contributed by atoms with Gasteiger partial charge in [-0.1, -0.05) is 30.3 Å². The van der Waals surface area contributed by atoms with E-state index in [0.29, 0.717) is 0 Å². The Bertz CT molecular complexity index is 914. The van der Waals surface area contributed by atoms with Crippen molar-refractivity contribution in [3.05, 3.63) is 83.9 Å². The Morgan fingerprint density at radius 2 is 1.45 bits per heavy atom. The molecular formula is C25H29N3O. The van der Waals surface area contributed by atoms with Crippen LogP contribution < -0.4 is 19.9 Å². The van der Waals surface area contributed by atoms with Gasteiger partial charge in [-0.25, -0.2) is 0 Å². The van der Waals surface area contributed by atoms with Crippen LogP contribution in [0.5, 0.6) is 5.75 Å². The van der Waals surface area contributed by atoms with Crippen molar-refractivity contribution in [2.45, 2.75) is 13.5 Å². The van der Waals surface area contributed by atoms with E-state index in [1.807, 2.05) is 12.1 Å². The number of anilines is 3. The summed E-state index contributed by atoms with van der Waals surface area (Å²) in [5, 5.41) is 3.50. The lowest BCUT2D eigenvalue weighted by molar-refractivity contribution is 0.414. The average Bonchev–Trinajstić information content (AvgIpc) is 2.79. The van der Waals surface area contributed by atoms with Crippen LogP contribution in [-0.4, -0.2) is 33.3 Å². The number of methoxy groups -OCH3 is 1. The molecule has 4 rings (SSSR count). The summed E-state index contributed by atoms with van der Waals surface area (Å²) in [5.41, 5.74) is 6.40. The lowest BCUT2D eigenvalue weighted by atomic mass is 10.1. The van der Waals surface area contributed by atoms with Crippen molar-refractivity contribution in [1.82, 2.24) is 0 Å². The molecule has 0 saturated carbocycles. The maximum atomic E-state index is 5.21. The smallest absolute Gasteiger partial charge is 0.118 e. The Morgan fingerprint density at radius 1 is 0.793 bits per heavy atom. The van der Waals surface area contributed by atoms with Gasteiger partial charge in [0.1, 0.15) is 5.75 Å². The van der Waals surface area contributed by atoms with Crippen molar-refractivity contribution < 1.29 is 4.74 Å². The summed E-state index contributed by atoms with van der Waals surface area (Å²) in [5.74, 6) is 0.889. The second-order valence-electron chi connectivity index (χ2n) is 7.51. The number of piperazine rings is 1. The zero-order valence-electron chi connectivity index (χ0n) is 17.3. The number of ether oxygens (including phenoxy) is 1. The molecular weight excluding hydrogens is 358 g/mol. The van der Waals surface area contributed by atoms with E-state index in [2.05, 4.69) is 82.7 Å². The van der Waals surface area contributed by atoms with E-state index < -0.39 is 0 Å². The van der Waals surface area contributed by atoms with E-state index >= 15 is 0 Å². The quantitative estimate of drug-likeness (QED) is 0.648. The van der Waals surface area contributed by atoms with Gasteiger partial charge in [0.2, 0.25) is 0 Å². The molecule has 1 heterocycles. The van der Waals surface area contributed by atoms with Crippen LogP contribution in [0.4, 0.5) is 17.1 Å². The minimum Gasteiger partial charge on any atom is -0.497 e. The first-order valence-electron chi connectivity index (χ1n) is 10.3. The summed E-state index contributed by atoms with van der Waals surface area (Å²) < 4.78 is 5.21. The number of rotatable bonds is 6. The third kappa shape index (κ3) is 4.65. The molecule has 0 spiro atoms. The molecule has 3 aromatic rings. The van der Waals surface area contributed by atoms with Gasteiger partial charge in [0.15, 0.2) is 0 Å². The normalized spacial score (nSPS) is 14.0. The van der Waals surface area contributed by atoms with Crippen LogP contribution in [0.25, 0.3) is 0 Å². The second kappa shape index (κ2) is 8.91. The number of para-hydroxylation sites is 1. The molecule has 0 amide bonds. The van der Waals surface area contributed by atoms with Crippen molar-refractivity contribution in [3.8, 4) is 5.75 Å². The first kappa shape index (κ1) is 19.2. The fourth-order valence-corrected chi connectivity index (χ4v) is 3.86. The van der Waals surface area contributed by atoms with Crippen LogP contribution >= 0.6 is 0 Å². The number of nitrogens with zero attached hydrogens (tertiary/aromatic N) is 2. The van der Waals surface area contributed by atoms with Crippen molar-refractivity contribution in [2.24, 2.45) is 0 Å². The highest BCUT2D eigenvalue weighted by Gasteiger charge is 2.18. The van der Waals surface area contributed by atoms with E-state index in [0.717, 1.165) is 44.2 Å². The van der Waals surface area contributed by atoms with Crippen molar-refractivity contribution in [3.63, 3.8) is 0 Å². The summed E-state index contributed by atoms with van der Waals surface area (Å²) in [6, 6.07) is 25.6. The molecule has 4 heteroatoms. The molecule has 1 saturated heterocycles. The Morgan fingerprint density at radius 3 is 2.10 bits per heavy atom. The highest BCUT2D eigenvalue weighted by molar-refractivity contribution is 5.58. The van der Waals surface area contributed by atoms with Gasteiger partial charge in [0, 0.05) is 49.8 Å². The molecule has 0 bridgehead atoms. The fraction of sp³-hybridized carbons (Fsp3) is 0.280. The van der Waals surface area contributed by atoms with Gasteiger partial charge < -0.3 is 19.9 Å². The van der Waals surface area contributed by atoms with Crippen LogP contribution in [-0.2, 0) is 6.54 Å². The zero-order valence-corrected chi connectivity index (χ0v) is 17.3. The average molecular weight is 388 g/mol. The topological polar surface area (TPSA) is 27.7 Å². The van der Waals surface area contributed by atoms with Gasteiger partial charge >= 0.3 is 0 Å². The summed E-state index contributed by atoms with van der Waals surface area (Å²) in [6.45, 7) is 7.21. The molecule has 1 aliphatic heterocycles. The molecule has 0 atom stereocenters. The molecule has 150 valence electrons. The zero-order chi connectivity index (χ0) is 20.1. The Kier molecular flexibility index (Phi) is 5.89. The van der Waals surface area contributed by atoms with Crippen LogP contribution in [0.2, 0.25) is 0 Å². The maximum absolute atomic E-state index is 5.21. The van der Waals surface area contributed by atoms with E-state index in [1.165, 1.54) is 22.5 Å². The molecule has 1 fully saturated rings. The number of benzene rings is 3. The predicted octanol–water partition coefficient (Wildman–Crippen LogP) is 4.94. The summed E-state index contributed by atoms with van der Waals surface area (Å²) in [7, 11) is 1.69. The van der Waals surface area contributed by atoms with Crippen molar-refractivity contribution in [1.29, 1.82) is 0 Å². The van der Waals surface area contributed by atoms with Gasteiger partial charge in [0.05, 0.1) is 7.11 Å². The highest BCUT2D eigenvalue weighted by Crippen LogP contribution is 2.24. The molecule has 0 unspecified atom stereocenters. The van der Waals surface area contributed by atoms with E-state index in [9.17, 15) is 0 Å². The molecule has 3 aromatic carbocycles. The minimum absolute atomic E-state index is 0.804. The first-order chi connectivity index (χ1) is 14.2. The number of nitrogens with one attached hydrogen (secondary N) is 1. The highest BCUT2D eigenvalue weighted by atomic mass is 16.5. The minimum atomic E-state index is 0.804. The number of hydrogen-bond donors (Lipinski definition) is 1. The molecule has 29 heavy (non-hydrogen) atoms. The number of aryl methyl sites for hydroxylation is 1. The van der Waals surface area contributed by atoms with E-state index in [-0.39, 0.29) is 0 Å². The maximum Gasteiger partial charge on any atom is 0.118 e. The van der Waals surface area contributed by atoms with E-state index in [4.69, 9.17) is 4.74 Å². The van der Waals surface area contributed by atoms with Crippen molar-refractivity contribution in [2.75, 3.05) is 48.4 Å². The molecule has 0 aromatic heterocycles. The van der Waals surface area contributed by atoms with E-state index in [1.54, 1.807) is 7.11 Å². The van der Waals surface area contributed by atoms with Crippen LogP contribution in [0, 0.1) is 6.92 Å². The monoisotopic (exact) mass is 387 g/mol. The molecule has 4 nitrogen and oxygen atoms in total. The molecule has 1 aliphatic rings. The standard InChI is InChI=1S/C25H29N3O/c1-20-5-3-4-6-25(20)28-17-15-27(16-18-28)23-11-9-22(10-12-23)26-19-21-7-13-24(29-2)14-8-21/h3-14,26H,15-19H2,1-2H3.